The number of carbonyl (C=O) groups is 1. The van der Waals surface area contributed by atoms with E-state index in [1.807, 2.05) is 23.1 Å². The lowest BCUT2D eigenvalue weighted by atomic mass is 9.93. The molecule has 1 aliphatic rings. The Hall–Kier alpha value is -2.12. The van der Waals surface area contributed by atoms with Gasteiger partial charge in [0.15, 0.2) is 0 Å². The molecule has 7 nitrogen and oxygen atoms in total. The molecular formula is C17H24N4O3. The number of likely N-dealkylation sites (tertiary alicyclic amines) is 1. The molecule has 0 radical (unpaired) electrons. The Morgan fingerprint density at radius 3 is 2.96 bits per heavy atom. The number of carbonyl (C=O) groups excluding carboxylic acids is 1. The highest BCUT2D eigenvalue weighted by Crippen LogP contribution is 2.28. The molecule has 3 heterocycles. The number of esters is 1. The van der Waals surface area contributed by atoms with E-state index < -0.39 is 0 Å². The molecule has 24 heavy (non-hydrogen) atoms. The van der Waals surface area contributed by atoms with E-state index in [2.05, 4.69) is 21.0 Å². The summed E-state index contributed by atoms with van der Waals surface area (Å²) in [5, 5.41) is 13.4. The van der Waals surface area contributed by atoms with Crippen molar-refractivity contribution in [3.63, 3.8) is 0 Å². The van der Waals surface area contributed by atoms with Crippen LogP contribution >= 0.6 is 0 Å². The standard InChI is InChI=1S/C17H24N4O3/c1-24-17(23)15-10-13(11-18-15)12-20-6-3-14(4-7-20)16-2-5-19-21(16)8-9-22/h2,5,10-11,14,18,22H,3-4,6-9,12H2,1H3. The highest BCUT2D eigenvalue weighted by Gasteiger charge is 2.23. The van der Waals surface area contributed by atoms with Crippen molar-refractivity contribution < 1.29 is 14.6 Å². The van der Waals surface area contributed by atoms with Crippen molar-refractivity contribution in [2.75, 3.05) is 26.8 Å². The number of hydrogen-bond donors (Lipinski definition) is 2. The third kappa shape index (κ3) is 3.68. The van der Waals surface area contributed by atoms with E-state index in [0.717, 1.165) is 38.0 Å². The van der Waals surface area contributed by atoms with Crippen molar-refractivity contribution in [2.45, 2.75) is 31.8 Å². The lowest BCUT2D eigenvalue weighted by molar-refractivity contribution is 0.0594. The van der Waals surface area contributed by atoms with Crippen LogP contribution in [-0.2, 0) is 17.8 Å². The monoisotopic (exact) mass is 332 g/mol. The van der Waals surface area contributed by atoms with Crippen LogP contribution in [0.4, 0.5) is 0 Å². The molecule has 0 unspecified atom stereocenters. The smallest absolute Gasteiger partial charge is 0.354 e. The van der Waals surface area contributed by atoms with Gasteiger partial charge in [0.25, 0.3) is 0 Å². The number of H-pyrrole nitrogens is 1. The van der Waals surface area contributed by atoms with Gasteiger partial charge in [-0.1, -0.05) is 0 Å². The number of hydrogen-bond acceptors (Lipinski definition) is 5. The van der Waals surface area contributed by atoms with E-state index in [4.69, 9.17) is 9.84 Å². The molecule has 2 aromatic rings. The number of aliphatic hydroxyl groups is 1. The number of piperidine rings is 1. The second-order valence-electron chi connectivity index (χ2n) is 6.17. The fraction of sp³-hybridized carbons (Fsp3) is 0.529. The Labute approximate surface area is 141 Å². The Kier molecular flexibility index (Phi) is 5.32. The zero-order valence-corrected chi connectivity index (χ0v) is 13.9. The van der Waals surface area contributed by atoms with Crippen LogP contribution < -0.4 is 0 Å². The maximum Gasteiger partial charge on any atom is 0.354 e. The van der Waals surface area contributed by atoms with E-state index in [1.54, 1.807) is 0 Å². The molecule has 130 valence electrons. The average molecular weight is 332 g/mol. The van der Waals surface area contributed by atoms with Crippen molar-refractivity contribution in [3.8, 4) is 0 Å². The largest absolute Gasteiger partial charge is 0.464 e. The number of ether oxygens (including phenoxy) is 1. The molecule has 1 aliphatic heterocycles. The number of aromatic amines is 1. The molecule has 0 aliphatic carbocycles. The Morgan fingerprint density at radius 1 is 1.46 bits per heavy atom. The van der Waals surface area contributed by atoms with Gasteiger partial charge >= 0.3 is 5.97 Å². The lowest BCUT2D eigenvalue weighted by Crippen LogP contribution is -2.33. The highest BCUT2D eigenvalue weighted by molar-refractivity contribution is 5.87. The predicted molar refractivity (Wildman–Crippen MR) is 88.7 cm³/mol. The fourth-order valence-electron chi connectivity index (χ4n) is 3.37. The summed E-state index contributed by atoms with van der Waals surface area (Å²) in [7, 11) is 1.38. The van der Waals surface area contributed by atoms with Crippen LogP contribution in [0.1, 0.15) is 40.5 Å². The molecule has 1 saturated heterocycles. The van der Waals surface area contributed by atoms with E-state index >= 15 is 0 Å². The second-order valence-corrected chi connectivity index (χ2v) is 6.17. The Morgan fingerprint density at radius 2 is 2.25 bits per heavy atom. The number of rotatable bonds is 6. The summed E-state index contributed by atoms with van der Waals surface area (Å²) in [6.07, 6.45) is 5.83. The summed E-state index contributed by atoms with van der Waals surface area (Å²) in [5.74, 6) is 0.157. The molecule has 3 rings (SSSR count). The van der Waals surface area contributed by atoms with Crippen molar-refractivity contribution in [1.29, 1.82) is 0 Å². The Bertz CT molecular complexity index is 671. The summed E-state index contributed by atoms with van der Waals surface area (Å²) < 4.78 is 6.63. The van der Waals surface area contributed by atoms with Crippen LogP contribution in [0, 0.1) is 0 Å². The third-order valence-electron chi connectivity index (χ3n) is 4.62. The van der Waals surface area contributed by atoms with Crippen LogP contribution in [0.2, 0.25) is 0 Å². The van der Waals surface area contributed by atoms with Gasteiger partial charge in [0.2, 0.25) is 0 Å². The van der Waals surface area contributed by atoms with Gasteiger partial charge in [0.05, 0.1) is 20.3 Å². The molecule has 1 fully saturated rings. The molecule has 0 saturated carbocycles. The zero-order chi connectivity index (χ0) is 16.9. The molecule has 0 spiro atoms. The predicted octanol–water partition coefficient (Wildman–Crippen LogP) is 1.37. The van der Waals surface area contributed by atoms with E-state index in [9.17, 15) is 4.79 Å². The van der Waals surface area contributed by atoms with Crippen molar-refractivity contribution in [3.05, 3.63) is 41.5 Å². The molecule has 2 aromatic heterocycles. The van der Waals surface area contributed by atoms with Gasteiger partial charge in [0, 0.05) is 30.6 Å². The molecule has 0 bridgehead atoms. The van der Waals surface area contributed by atoms with Gasteiger partial charge < -0.3 is 14.8 Å². The molecule has 0 atom stereocenters. The summed E-state index contributed by atoms with van der Waals surface area (Å²) in [4.78, 5) is 16.8. The topological polar surface area (TPSA) is 83.4 Å². The molecule has 7 heteroatoms. The second kappa shape index (κ2) is 7.63. The average Bonchev–Trinajstić information content (AvgIpc) is 3.25. The van der Waals surface area contributed by atoms with Gasteiger partial charge in [-0.2, -0.15) is 5.10 Å². The van der Waals surface area contributed by atoms with Crippen LogP contribution in [0.25, 0.3) is 0 Å². The summed E-state index contributed by atoms with van der Waals surface area (Å²) in [6, 6.07) is 3.92. The Balaban J connectivity index is 1.54. The molecule has 0 amide bonds. The van der Waals surface area contributed by atoms with Crippen LogP contribution in [0.3, 0.4) is 0 Å². The molecular weight excluding hydrogens is 308 g/mol. The first-order valence-corrected chi connectivity index (χ1v) is 8.31. The SMILES string of the molecule is COC(=O)c1cc(CN2CCC(c3ccnn3CCO)CC2)c[nH]1. The number of nitrogens with one attached hydrogen (secondary N) is 1. The van der Waals surface area contributed by atoms with Crippen molar-refractivity contribution in [1.82, 2.24) is 19.7 Å². The summed E-state index contributed by atoms with van der Waals surface area (Å²) in [6.45, 7) is 3.52. The first kappa shape index (κ1) is 16.7. The van der Waals surface area contributed by atoms with Gasteiger partial charge in [-0.15, -0.1) is 0 Å². The molecule has 0 aromatic carbocycles. The maximum atomic E-state index is 11.5. The molecule has 2 N–H and O–H groups in total. The zero-order valence-electron chi connectivity index (χ0n) is 13.9. The van der Waals surface area contributed by atoms with Crippen LogP contribution in [0.5, 0.6) is 0 Å². The number of nitrogens with zero attached hydrogens (tertiary/aromatic N) is 3. The summed E-state index contributed by atoms with van der Waals surface area (Å²) >= 11 is 0. The summed E-state index contributed by atoms with van der Waals surface area (Å²) in [5.41, 5.74) is 2.81. The first-order valence-electron chi connectivity index (χ1n) is 8.31. The van der Waals surface area contributed by atoms with E-state index in [1.165, 1.54) is 12.8 Å². The van der Waals surface area contributed by atoms with E-state index in [0.29, 0.717) is 18.2 Å². The van der Waals surface area contributed by atoms with Gasteiger partial charge in [-0.25, -0.2) is 4.79 Å². The van der Waals surface area contributed by atoms with E-state index in [-0.39, 0.29) is 12.6 Å². The lowest BCUT2D eigenvalue weighted by Gasteiger charge is -2.32. The van der Waals surface area contributed by atoms with Gasteiger partial charge in [0.1, 0.15) is 5.69 Å². The number of aromatic nitrogens is 3. The quantitative estimate of drug-likeness (QED) is 0.781. The normalized spacial score (nSPS) is 16.4. The maximum absolute atomic E-state index is 11.5. The fourth-order valence-corrected chi connectivity index (χ4v) is 3.37. The van der Waals surface area contributed by atoms with Gasteiger partial charge in [-0.05, 0) is 43.6 Å². The minimum atomic E-state index is -0.336. The van der Waals surface area contributed by atoms with Crippen LogP contribution in [0.15, 0.2) is 24.5 Å². The third-order valence-corrected chi connectivity index (χ3v) is 4.62. The van der Waals surface area contributed by atoms with Crippen LogP contribution in [-0.4, -0.2) is 57.5 Å². The minimum absolute atomic E-state index is 0.115. The van der Waals surface area contributed by atoms with Crippen molar-refractivity contribution >= 4 is 5.97 Å². The van der Waals surface area contributed by atoms with Gasteiger partial charge in [-0.3, -0.25) is 9.58 Å². The highest BCUT2D eigenvalue weighted by atomic mass is 16.5. The van der Waals surface area contributed by atoms with Crippen molar-refractivity contribution in [2.24, 2.45) is 0 Å². The number of methoxy groups -OCH3 is 1. The number of aliphatic hydroxyl groups excluding tert-OH is 1. The first-order chi connectivity index (χ1) is 11.7. The minimum Gasteiger partial charge on any atom is -0.464 e.